The van der Waals surface area contributed by atoms with E-state index in [1.807, 2.05) is 0 Å². The Hall–Kier alpha value is -3.50. The quantitative estimate of drug-likeness (QED) is 0.508. The van der Waals surface area contributed by atoms with E-state index in [1.165, 1.54) is 30.3 Å². The molecule has 0 aromatic heterocycles. The molecule has 3 rings (SSSR count). The van der Waals surface area contributed by atoms with Gasteiger partial charge in [-0.25, -0.2) is 16.8 Å². The van der Waals surface area contributed by atoms with E-state index >= 15 is 0 Å². The second kappa shape index (κ2) is 8.93. The molecule has 0 radical (unpaired) electrons. The lowest BCUT2D eigenvalue weighted by atomic mass is 10.1. The van der Waals surface area contributed by atoms with Gasteiger partial charge in [0.1, 0.15) is 0 Å². The summed E-state index contributed by atoms with van der Waals surface area (Å²) in [5.74, 6) is -2.22. The molecule has 3 aromatic carbocycles. The number of carbonyl (C=O) groups is 2. The predicted molar refractivity (Wildman–Crippen MR) is 118 cm³/mol. The zero-order valence-corrected chi connectivity index (χ0v) is 18.3. The van der Waals surface area contributed by atoms with Crippen LogP contribution in [0, 0.1) is 0 Å². The van der Waals surface area contributed by atoms with Crippen LogP contribution in [0.25, 0.3) is 0 Å². The first-order chi connectivity index (χ1) is 15.1. The molecule has 0 bridgehead atoms. The molecule has 0 unspecified atom stereocenters. The van der Waals surface area contributed by atoms with Crippen molar-refractivity contribution in [3.8, 4) is 0 Å². The molecular formula is C22H20N2O6S2. The molecule has 32 heavy (non-hydrogen) atoms. The Kier molecular flexibility index (Phi) is 6.47. The average molecular weight is 473 g/mol. The highest BCUT2D eigenvalue weighted by Gasteiger charge is 2.37. The number of hydrogen-bond acceptors (Lipinski definition) is 6. The molecule has 166 valence electrons. The molecule has 0 heterocycles. The maximum Gasteiger partial charge on any atom is 0.240 e. The number of amides is 2. The van der Waals surface area contributed by atoms with Crippen LogP contribution in [0.1, 0.15) is 21.6 Å². The Morgan fingerprint density at radius 1 is 0.562 bits per heavy atom. The van der Waals surface area contributed by atoms with Crippen LogP contribution in [0.4, 0.5) is 0 Å². The van der Waals surface area contributed by atoms with Crippen molar-refractivity contribution in [1.82, 2.24) is 0 Å². The normalized spacial score (nSPS) is 13.8. The topological polar surface area (TPSA) is 154 Å². The molecule has 2 amide bonds. The minimum atomic E-state index is -4.40. The Bertz CT molecular complexity index is 1250. The van der Waals surface area contributed by atoms with Crippen molar-refractivity contribution < 1.29 is 26.4 Å². The molecule has 0 saturated carbocycles. The fourth-order valence-corrected chi connectivity index (χ4v) is 6.73. The highest BCUT2D eigenvalue weighted by atomic mass is 32.2. The Morgan fingerprint density at radius 2 is 0.906 bits per heavy atom. The van der Waals surface area contributed by atoms with Crippen molar-refractivity contribution in [3.05, 3.63) is 96.1 Å². The van der Waals surface area contributed by atoms with Crippen LogP contribution in [0.3, 0.4) is 0 Å². The Labute approximate surface area is 185 Å². The SMILES string of the molecule is NC(=O)[C@@H](c1ccccc1)S(=O)(=O)c1cccc(S(=O)(=O)[C@@H](C(N)=O)c2ccccc2)c1. The number of nitrogens with two attached hydrogens (primary N) is 2. The molecule has 0 saturated heterocycles. The maximum atomic E-state index is 13.2. The van der Waals surface area contributed by atoms with E-state index in [1.54, 1.807) is 36.4 Å². The molecule has 0 fully saturated rings. The Morgan fingerprint density at radius 3 is 1.22 bits per heavy atom. The van der Waals surface area contributed by atoms with Crippen LogP contribution in [0.15, 0.2) is 94.7 Å². The van der Waals surface area contributed by atoms with E-state index in [2.05, 4.69) is 0 Å². The number of benzene rings is 3. The molecule has 4 N–H and O–H groups in total. The van der Waals surface area contributed by atoms with Gasteiger partial charge in [-0.1, -0.05) is 66.7 Å². The number of hydrogen-bond donors (Lipinski definition) is 2. The van der Waals surface area contributed by atoms with Crippen molar-refractivity contribution in [2.24, 2.45) is 11.5 Å². The van der Waals surface area contributed by atoms with Crippen LogP contribution in [-0.4, -0.2) is 28.6 Å². The predicted octanol–water partition coefficient (Wildman–Crippen LogP) is 1.69. The highest BCUT2D eigenvalue weighted by Crippen LogP contribution is 2.33. The van der Waals surface area contributed by atoms with Crippen molar-refractivity contribution in [2.45, 2.75) is 20.3 Å². The van der Waals surface area contributed by atoms with Gasteiger partial charge in [0.2, 0.25) is 11.8 Å². The summed E-state index contributed by atoms with van der Waals surface area (Å²) in [6.45, 7) is 0. The number of primary amides is 2. The molecule has 2 atom stereocenters. The summed E-state index contributed by atoms with van der Waals surface area (Å²) >= 11 is 0. The van der Waals surface area contributed by atoms with Gasteiger partial charge in [0, 0.05) is 0 Å². The van der Waals surface area contributed by atoms with Crippen LogP contribution in [-0.2, 0) is 29.3 Å². The second-order valence-corrected chi connectivity index (χ2v) is 11.0. The number of sulfone groups is 2. The molecule has 10 heteroatoms. The lowest BCUT2D eigenvalue weighted by Crippen LogP contribution is -2.30. The largest absolute Gasteiger partial charge is 0.368 e. The summed E-state index contributed by atoms with van der Waals surface area (Å²) in [5, 5.41) is -3.44. The van der Waals surface area contributed by atoms with E-state index in [0.717, 1.165) is 18.2 Å². The molecule has 8 nitrogen and oxygen atoms in total. The van der Waals surface area contributed by atoms with Crippen molar-refractivity contribution in [2.75, 3.05) is 0 Å². The molecule has 0 spiro atoms. The third-order valence-corrected chi connectivity index (χ3v) is 8.88. The number of carbonyl (C=O) groups excluding carboxylic acids is 2. The summed E-state index contributed by atoms with van der Waals surface area (Å²) in [6, 6.07) is 19.7. The molecule has 0 aliphatic rings. The van der Waals surface area contributed by atoms with Crippen molar-refractivity contribution in [1.29, 1.82) is 0 Å². The van der Waals surface area contributed by atoms with Crippen LogP contribution in [0.2, 0.25) is 0 Å². The minimum absolute atomic E-state index is 0.146. The van der Waals surface area contributed by atoms with Crippen molar-refractivity contribution in [3.63, 3.8) is 0 Å². The van der Waals surface area contributed by atoms with Gasteiger partial charge in [0.05, 0.1) is 9.79 Å². The summed E-state index contributed by atoms with van der Waals surface area (Å²) in [7, 11) is -8.80. The fraction of sp³-hybridized carbons (Fsp3) is 0.0909. The van der Waals surface area contributed by atoms with Gasteiger partial charge in [-0.3, -0.25) is 9.59 Å². The zero-order chi connectivity index (χ0) is 23.5. The molecular weight excluding hydrogens is 452 g/mol. The van der Waals surface area contributed by atoms with E-state index in [0.29, 0.717) is 0 Å². The number of rotatable bonds is 8. The second-order valence-electron chi connectivity index (χ2n) is 6.95. The first-order valence-corrected chi connectivity index (χ1v) is 12.4. The summed E-state index contributed by atoms with van der Waals surface area (Å²) in [5.41, 5.74) is 11.1. The summed E-state index contributed by atoms with van der Waals surface area (Å²) < 4.78 is 53.0. The van der Waals surface area contributed by atoms with Gasteiger partial charge in [-0.15, -0.1) is 0 Å². The van der Waals surface area contributed by atoms with Gasteiger partial charge < -0.3 is 11.5 Å². The third kappa shape index (κ3) is 4.41. The summed E-state index contributed by atoms with van der Waals surface area (Å²) in [6.07, 6.45) is 0. The van der Waals surface area contributed by atoms with E-state index in [4.69, 9.17) is 11.5 Å². The monoisotopic (exact) mass is 472 g/mol. The van der Waals surface area contributed by atoms with Gasteiger partial charge >= 0.3 is 0 Å². The average Bonchev–Trinajstić information content (AvgIpc) is 2.74. The summed E-state index contributed by atoms with van der Waals surface area (Å²) in [4.78, 5) is 23.2. The Balaban J connectivity index is 2.13. The standard InChI is InChI=1S/C22H20N2O6S2/c23-21(25)19(15-8-3-1-4-9-15)31(27,28)17-12-7-13-18(14-17)32(29,30)20(22(24)26)16-10-5-2-6-11-16/h1-14,19-20H,(H2,23,25)(H2,24,26)/t19-,20-/m1/s1. The van der Waals surface area contributed by atoms with Gasteiger partial charge in [-0.2, -0.15) is 0 Å². The van der Waals surface area contributed by atoms with Crippen molar-refractivity contribution >= 4 is 31.5 Å². The maximum absolute atomic E-state index is 13.2. The van der Waals surface area contributed by atoms with Gasteiger partial charge in [-0.05, 0) is 29.3 Å². The van der Waals surface area contributed by atoms with Gasteiger partial charge in [0.25, 0.3) is 0 Å². The third-order valence-electron chi connectivity index (χ3n) is 4.80. The molecule has 0 aliphatic carbocycles. The van der Waals surface area contributed by atoms with Crippen LogP contribution in [0.5, 0.6) is 0 Å². The first-order valence-electron chi connectivity index (χ1n) is 9.33. The lowest BCUT2D eigenvalue weighted by Gasteiger charge is -2.18. The smallest absolute Gasteiger partial charge is 0.240 e. The zero-order valence-electron chi connectivity index (χ0n) is 16.7. The lowest BCUT2D eigenvalue weighted by molar-refractivity contribution is -0.118. The minimum Gasteiger partial charge on any atom is -0.368 e. The van der Waals surface area contributed by atoms with E-state index in [-0.39, 0.29) is 11.1 Å². The highest BCUT2D eigenvalue weighted by molar-refractivity contribution is 7.93. The van der Waals surface area contributed by atoms with Crippen LogP contribution >= 0.6 is 0 Å². The van der Waals surface area contributed by atoms with Gasteiger partial charge in [0.15, 0.2) is 30.2 Å². The first kappa shape index (κ1) is 23.2. The molecule has 3 aromatic rings. The van der Waals surface area contributed by atoms with E-state index in [9.17, 15) is 26.4 Å². The fourth-order valence-electron chi connectivity index (χ4n) is 3.35. The molecule has 0 aliphatic heterocycles. The van der Waals surface area contributed by atoms with E-state index < -0.39 is 51.8 Å². The van der Waals surface area contributed by atoms with Crippen LogP contribution < -0.4 is 11.5 Å².